The van der Waals surface area contributed by atoms with Gasteiger partial charge in [-0.05, 0) is 56.7 Å². The van der Waals surface area contributed by atoms with E-state index < -0.39 is 0 Å². The molecule has 132 valence electrons. The number of carbonyl (C=O) groups excluding carboxylic acids is 1. The standard InChI is InChI=1S/C18H23N5O2/c1-12-10-13(2)20-18(19-12)22-21-14(3)15-6-8-16(9-7-15)25-11-17(24)23(4)5/h6-10H,11H2,1-5H3,(H,19,20,22)/b21-14+. The van der Waals surface area contributed by atoms with Gasteiger partial charge in [0.05, 0.1) is 5.71 Å². The molecule has 0 bridgehead atoms. The van der Waals surface area contributed by atoms with E-state index in [-0.39, 0.29) is 12.5 Å². The highest BCUT2D eigenvalue weighted by atomic mass is 16.5. The van der Waals surface area contributed by atoms with Crippen LogP contribution in [0.5, 0.6) is 5.75 Å². The van der Waals surface area contributed by atoms with Gasteiger partial charge in [0.2, 0.25) is 5.95 Å². The Bertz CT molecular complexity index is 749. The number of nitrogens with one attached hydrogen (secondary N) is 1. The fourth-order valence-electron chi connectivity index (χ4n) is 2.04. The van der Waals surface area contributed by atoms with Gasteiger partial charge in [0, 0.05) is 25.5 Å². The van der Waals surface area contributed by atoms with Crippen LogP contribution in [0.25, 0.3) is 0 Å². The molecule has 7 nitrogen and oxygen atoms in total. The van der Waals surface area contributed by atoms with Crippen molar-refractivity contribution in [2.45, 2.75) is 20.8 Å². The Morgan fingerprint density at radius 3 is 2.32 bits per heavy atom. The van der Waals surface area contributed by atoms with Gasteiger partial charge in [0.25, 0.3) is 5.91 Å². The minimum absolute atomic E-state index is 0.0189. The van der Waals surface area contributed by atoms with Crippen molar-refractivity contribution in [3.63, 3.8) is 0 Å². The second kappa shape index (κ2) is 8.23. The summed E-state index contributed by atoms with van der Waals surface area (Å²) in [5.74, 6) is 1.02. The predicted molar refractivity (Wildman–Crippen MR) is 98.0 cm³/mol. The molecule has 25 heavy (non-hydrogen) atoms. The second-order valence-corrected chi connectivity index (χ2v) is 5.88. The highest BCUT2D eigenvalue weighted by Crippen LogP contribution is 2.13. The predicted octanol–water partition coefficient (Wildman–Crippen LogP) is 2.40. The van der Waals surface area contributed by atoms with E-state index in [4.69, 9.17) is 4.74 Å². The summed E-state index contributed by atoms with van der Waals surface area (Å²) >= 11 is 0. The minimum atomic E-state index is -0.0838. The molecule has 1 heterocycles. The molecule has 0 spiro atoms. The summed E-state index contributed by atoms with van der Waals surface area (Å²) < 4.78 is 5.45. The van der Waals surface area contributed by atoms with Crippen LogP contribution in [0.15, 0.2) is 35.4 Å². The van der Waals surface area contributed by atoms with Crippen molar-refractivity contribution in [3.05, 3.63) is 47.3 Å². The monoisotopic (exact) mass is 341 g/mol. The van der Waals surface area contributed by atoms with Gasteiger partial charge in [-0.15, -0.1) is 0 Å². The maximum absolute atomic E-state index is 11.5. The molecule has 0 saturated carbocycles. The Kier molecular flexibility index (Phi) is 6.05. The Morgan fingerprint density at radius 2 is 1.76 bits per heavy atom. The molecule has 1 amide bonds. The van der Waals surface area contributed by atoms with Crippen LogP contribution in [0.3, 0.4) is 0 Å². The maximum Gasteiger partial charge on any atom is 0.259 e. The zero-order chi connectivity index (χ0) is 18.4. The van der Waals surface area contributed by atoms with Gasteiger partial charge >= 0.3 is 0 Å². The number of anilines is 1. The Balaban J connectivity index is 1.99. The fraction of sp³-hybridized carbons (Fsp3) is 0.333. The highest BCUT2D eigenvalue weighted by molar-refractivity contribution is 5.99. The zero-order valence-electron chi connectivity index (χ0n) is 15.2. The Labute approximate surface area is 147 Å². The van der Waals surface area contributed by atoms with Crippen LogP contribution < -0.4 is 10.2 Å². The molecule has 0 saturated heterocycles. The molecule has 0 unspecified atom stereocenters. The molecule has 1 N–H and O–H groups in total. The van der Waals surface area contributed by atoms with Gasteiger partial charge in [-0.1, -0.05) is 0 Å². The van der Waals surface area contributed by atoms with Crippen molar-refractivity contribution in [3.8, 4) is 5.75 Å². The first-order valence-electron chi connectivity index (χ1n) is 7.91. The maximum atomic E-state index is 11.5. The first kappa shape index (κ1) is 18.4. The summed E-state index contributed by atoms with van der Waals surface area (Å²) in [6.07, 6.45) is 0. The van der Waals surface area contributed by atoms with Crippen LogP contribution in [0, 0.1) is 13.8 Å². The Morgan fingerprint density at radius 1 is 1.16 bits per heavy atom. The van der Waals surface area contributed by atoms with Crippen LogP contribution in [0.4, 0.5) is 5.95 Å². The van der Waals surface area contributed by atoms with Gasteiger partial charge in [-0.3, -0.25) is 4.79 Å². The van der Waals surface area contributed by atoms with E-state index in [1.807, 2.05) is 51.1 Å². The topological polar surface area (TPSA) is 79.7 Å². The van der Waals surface area contributed by atoms with E-state index in [0.29, 0.717) is 11.7 Å². The summed E-state index contributed by atoms with van der Waals surface area (Å²) in [6, 6.07) is 9.30. The van der Waals surface area contributed by atoms with Crippen molar-refractivity contribution in [1.82, 2.24) is 14.9 Å². The number of rotatable bonds is 6. The van der Waals surface area contributed by atoms with Gasteiger partial charge in [-0.25, -0.2) is 15.4 Å². The lowest BCUT2D eigenvalue weighted by Crippen LogP contribution is -2.27. The van der Waals surface area contributed by atoms with Crippen LogP contribution in [-0.2, 0) is 4.79 Å². The molecule has 0 aliphatic carbocycles. The van der Waals surface area contributed by atoms with Gasteiger partial charge in [-0.2, -0.15) is 5.10 Å². The summed E-state index contributed by atoms with van der Waals surface area (Å²) in [5.41, 5.74) is 6.37. The molecular weight excluding hydrogens is 318 g/mol. The smallest absolute Gasteiger partial charge is 0.259 e. The lowest BCUT2D eigenvalue weighted by atomic mass is 10.1. The number of hydrogen-bond acceptors (Lipinski definition) is 6. The lowest BCUT2D eigenvalue weighted by Gasteiger charge is -2.11. The molecule has 0 radical (unpaired) electrons. The molecule has 2 rings (SSSR count). The number of ether oxygens (including phenoxy) is 1. The van der Waals surface area contributed by atoms with E-state index in [1.54, 1.807) is 14.1 Å². The molecule has 0 aliphatic heterocycles. The van der Waals surface area contributed by atoms with E-state index in [1.165, 1.54) is 4.90 Å². The van der Waals surface area contributed by atoms with Crippen LogP contribution in [0.2, 0.25) is 0 Å². The largest absolute Gasteiger partial charge is 0.484 e. The van der Waals surface area contributed by atoms with Gasteiger partial charge < -0.3 is 9.64 Å². The number of carbonyl (C=O) groups is 1. The fourth-order valence-corrected chi connectivity index (χ4v) is 2.04. The van der Waals surface area contributed by atoms with Crippen molar-refractivity contribution < 1.29 is 9.53 Å². The van der Waals surface area contributed by atoms with E-state index in [2.05, 4.69) is 20.5 Å². The zero-order valence-corrected chi connectivity index (χ0v) is 15.2. The number of aromatic nitrogens is 2. The van der Waals surface area contributed by atoms with Gasteiger partial charge in [0.1, 0.15) is 5.75 Å². The third kappa shape index (κ3) is 5.56. The number of hydrogen-bond donors (Lipinski definition) is 1. The minimum Gasteiger partial charge on any atom is -0.484 e. The van der Waals surface area contributed by atoms with Gasteiger partial charge in [0.15, 0.2) is 6.61 Å². The first-order chi connectivity index (χ1) is 11.8. The average molecular weight is 341 g/mol. The average Bonchev–Trinajstić information content (AvgIpc) is 2.57. The summed E-state index contributed by atoms with van der Waals surface area (Å²) in [7, 11) is 3.39. The molecule has 0 aliphatic rings. The summed E-state index contributed by atoms with van der Waals surface area (Å²) in [4.78, 5) is 21.6. The number of amides is 1. The van der Waals surface area contributed by atoms with Crippen molar-refractivity contribution in [1.29, 1.82) is 0 Å². The molecule has 1 aromatic heterocycles. The number of hydrazone groups is 1. The molecule has 7 heteroatoms. The molecular formula is C18H23N5O2. The van der Waals surface area contributed by atoms with Crippen molar-refractivity contribution in [2.75, 3.05) is 26.1 Å². The quantitative estimate of drug-likeness (QED) is 0.645. The van der Waals surface area contributed by atoms with E-state index in [0.717, 1.165) is 22.7 Å². The Hall–Kier alpha value is -2.96. The van der Waals surface area contributed by atoms with E-state index in [9.17, 15) is 4.79 Å². The van der Waals surface area contributed by atoms with Crippen molar-refractivity contribution >= 4 is 17.6 Å². The summed E-state index contributed by atoms with van der Waals surface area (Å²) in [5, 5.41) is 4.31. The SMILES string of the molecule is C/C(=N\Nc1nc(C)cc(C)n1)c1ccc(OCC(=O)N(C)C)cc1. The molecule has 0 atom stereocenters. The van der Waals surface area contributed by atoms with Crippen LogP contribution >= 0.6 is 0 Å². The first-order valence-corrected chi connectivity index (χ1v) is 7.91. The summed E-state index contributed by atoms with van der Waals surface area (Å²) in [6.45, 7) is 5.73. The molecule has 1 aromatic carbocycles. The van der Waals surface area contributed by atoms with Crippen molar-refractivity contribution in [2.24, 2.45) is 5.10 Å². The molecule has 0 fully saturated rings. The van der Waals surface area contributed by atoms with Crippen LogP contribution in [-0.4, -0.2) is 47.2 Å². The number of aryl methyl sites for hydroxylation is 2. The number of likely N-dealkylation sites (N-methyl/N-ethyl adjacent to an activating group) is 1. The number of benzene rings is 1. The molecule has 2 aromatic rings. The number of nitrogens with zero attached hydrogens (tertiary/aromatic N) is 4. The lowest BCUT2D eigenvalue weighted by molar-refractivity contribution is -0.130. The third-order valence-electron chi connectivity index (χ3n) is 3.44. The normalized spacial score (nSPS) is 11.2. The third-order valence-corrected chi connectivity index (χ3v) is 3.44. The van der Waals surface area contributed by atoms with Crippen LogP contribution in [0.1, 0.15) is 23.9 Å². The van der Waals surface area contributed by atoms with E-state index >= 15 is 0 Å². The highest BCUT2D eigenvalue weighted by Gasteiger charge is 2.05. The second-order valence-electron chi connectivity index (χ2n) is 5.88.